The molecule has 2 unspecified atom stereocenters. The van der Waals surface area contributed by atoms with Gasteiger partial charge in [-0.15, -0.1) is 11.3 Å². The SMILES string of the molecule is CCOC(C1CCCCC1)C(O)c1sccc1C. The third-order valence-electron chi connectivity index (χ3n) is 3.96. The predicted molar refractivity (Wildman–Crippen MR) is 76.0 cm³/mol. The van der Waals surface area contributed by atoms with Crippen LogP contribution in [-0.4, -0.2) is 17.8 Å². The van der Waals surface area contributed by atoms with Gasteiger partial charge in [0.15, 0.2) is 0 Å². The van der Waals surface area contributed by atoms with E-state index in [9.17, 15) is 5.11 Å². The molecule has 2 rings (SSSR count). The monoisotopic (exact) mass is 268 g/mol. The first-order valence-electron chi connectivity index (χ1n) is 7.07. The van der Waals surface area contributed by atoms with Gasteiger partial charge in [-0.3, -0.25) is 0 Å². The topological polar surface area (TPSA) is 29.5 Å². The lowest BCUT2D eigenvalue weighted by atomic mass is 9.82. The molecule has 1 fully saturated rings. The first-order valence-corrected chi connectivity index (χ1v) is 7.95. The first-order chi connectivity index (χ1) is 8.74. The minimum absolute atomic E-state index is 0.0207. The quantitative estimate of drug-likeness (QED) is 0.872. The Morgan fingerprint density at radius 3 is 2.67 bits per heavy atom. The van der Waals surface area contributed by atoms with E-state index in [4.69, 9.17) is 4.74 Å². The van der Waals surface area contributed by atoms with Gasteiger partial charge in [0.05, 0.1) is 6.10 Å². The number of rotatable bonds is 5. The van der Waals surface area contributed by atoms with Crippen molar-refractivity contribution in [2.24, 2.45) is 5.92 Å². The fourth-order valence-corrected chi connectivity index (χ4v) is 3.92. The Hall–Kier alpha value is -0.380. The van der Waals surface area contributed by atoms with Crippen LogP contribution in [0.1, 0.15) is 55.6 Å². The van der Waals surface area contributed by atoms with E-state index < -0.39 is 6.10 Å². The van der Waals surface area contributed by atoms with Crippen molar-refractivity contribution < 1.29 is 9.84 Å². The van der Waals surface area contributed by atoms with Crippen LogP contribution >= 0.6 is 11.3 Å². The lowest BCUT2D eigenvalue weighted by Crippen LogP contribution is -2.32. The zero-order valence-corrected chi connectivity index (χ0v) is 12.2. The van der Waals surface area contributed by atoms with E-state index in [1.165, 1.54) is 37.7 Å². The molecule has 3 heteroatoms. The van der Waals surface area contributed by atoms with Crippen molar-refractivity contribution in [2.45, 2.75) is 58.2 Å². The Balaban J connectivity index is 2.10. The molecule has 18 heavy (non-hydrogen) atoms. The molecule has 0 radical (unpaired) electrons. The van der Waals surface area contributed by atoms with Gasteiger partial charge in [-0.1, -0.05) is 19.3 Å². The molecule has 1 aliphatic rings. The zero-order valence-electron chi connectivity index (χ0n) is 11.4. The van der Waals surface area contributed by atoms with E-state index in [1.807, 2.05) is 6.92 Å². The molecule has 1 aromatic heterocycles. The lowest BCUT2D eigenvalue weighted by Gasteiger charge is -2.33. The highest BCUT2D eigenvalue weighted by Gasteiger charge is 2.32. The predicted octanol–water partition coefficient (Wildman–Crippen LogP) is 4.08. The van der Waals surface area contributed by atoms with Crippen LogP contribution in [0, 0.1) is 12.8 Å². The number of aryl methyl sites for hydroxylation is 1. The van der Waals surface area contributed by atoms with Gasteiger partial charge in [-0.2, -0.15) is 0 Å². The summed E-state index contributed by atoms with van der Waals surface area (Å²) in [5, 5.41) is 12.7. The van der Waals surface area contributed by atoms with Crippen LogP contribution in [-0.2, 0) is 4.74 Å². The van der Waals surface area contributed by atoms with E-state index in [-0.39, 0.29) is 6.10 Å². The van der Waals surface area contributed by atoms with Crippen molar-refractivity contribution >= 4 is 11.3 Å². The van der Waals surface area contributed by atoms with Crippen molar-refractivity contribution in [3.63, 3.8) is 0 Å². The standard InChI is InChI=1S/C15H24O2S/c1-3-17-14(12-7-5-4-6-8-12)13(16)15-11(2)9-10-18-15/h9-10,12-14,16H,3-8H2,1-2H3. The molecule has 1 N–H and O–H groups in total. The summed E-state index contributed by atoms with van der Waals surface area (Å²) in [5.41, 5.74) is 1.19. The van der Waals surface area contributed by atoms with Crippen molar-refractivity contribution in [1.29, 1.82) is 0 Å². The smallest absolute Gasteiger partial charge is 0.115 e. The molecule has 0 aliphatic heterocycles. The molecular formula is C15H24O2S. The summed E-state index contributed by atoms with van der Waals surface area (Å²) in [6.07, 6.45) is 5.83. The number of aliphatic hydroxyl groups excluding tert-OH is 1. The van der Waals surface area contributed by atoms with E-state index in [0.29, 0.717) is 12.5 Å². The highest BCUT2D eigenvalue weighted by Crippen LogP contribution is 2.36. The molecule has 0 saturated heterocycles. The highest BCUT2D eigenvalue weighted by molar-refractivity contribution is 7.10. The Kier molecular flexibility index (Phi) is 5.22. The van der Waals surface area contributed by atoms with Crippen LogP contribution in [0.3, 0.4) is 0 Å². The van der Waals surface area contributed by atoms with E-state index in [0.717, 1.165) is 4.88 Å². The summed E-state index contributed by atoms with van der Waals surface area (Å²) in [4.78, 5) is 1.08. The summed E-state index contributed by atoms with van der Waals surface area (Å²) in [7, 11) is 0. The molecule has 1 aliphatic carbocycles. The van der Waals surface area contributed by atoms with Gasteiger partial charge >= 0.3 is 0 Å². The summed E-state index contributed by atoms with van der Waals surface area (Å²) < 4.78 is 5.88. The van der Waals surface area contributed by atoms with Gasteiger partial charge in [0, 0.05) is 11.5 Å². The average Bonchev–Trinajstić information content (AvgIpc) is 2.82. The first kappa shape index (κ1) is 14.0. The Labute approximate surface area is 114 Å². The Morgan fingerprint density at radius 1 is 1.39 bits per heavy atom. The van der Waals surface area contributed by atoms with Crippen LogP contribution < -0.4 is 0 Å². The third-order valence-corrected chi connectivity index (χ3v) is 5.04. The lowest BCUT2D eigenvalue weighted by molar-refractivity contribution is -0.0728. The number of hydrogen-bond acceptors (Lipinski definition) is 3. The molecule has 1 heterocycles. The normalized spacial score (nSPS) is 20.8. The van der Waals surface area contributed by atoms with Crippen molar-refractivity contribution in [3.05, 3.63) is 21.9 Å². The second-order valence-electron chi connectivity index (χ2n) is 5.23. The van der Waals surface area contributed by atoms with Crippen molar-refractivity contribution in [3.8, 4) is 0 Å². The van der Waals surface area contributed by atoms with Crippen molar-refractivity contribution in [2.75, 3.05) is 6.61 Å². The number of thiophene rings is 1. The average molecular weight is 268 g/mol. The maximum Gasteiger partial charge on any atom is 0.115 e. The summed E-state index contributed by atoms with van der Waals surface area (Å²) in [6.45, 7) is 4.77. The van der Waals surface area contributed by atoms with Gasteiger partial charge in [0.25, 0.3) is 0 Å². The van der Waals surface area contributed by atoms with Crippen LogP contribution in [0.25, 0.3) is 0 Å². The largest absolute Gasteiger partial charge is 0.385 e. The molecule has 1 aromatic rings. The molecule has 0 amide bonds. The maximum absolute atomic E-state index is 10.6. The summed E-state index contributed by atoms with van der Waals surface area (Å²) >= 11 is 1.65. The fraction of sp³-hybridized carbons (Fsp3) is 0.733. The van der Waals surface area contributed by atoms with Gasteiger partial charge in [-0.25, -0.2) is 0 Å². The molecule has 102 valence electrons. The number of aliphatic hydroxyl groups is 1. The van der Waals surface area contributed by atoms with Gasteiger partial charge in [-0.05, 0) is 49.6 Å². The number of hydrogen-bond donors (Lipinski definition) is 1. The van der Waals surface area contributed by atoms with Gasteiger partial charge in [0.2, 0.25) is 0 Å². The molecule has 0 spiro atoms. The van der Waals surface area contributed by atoms with E-state index in [2.05, 4.69) is 18.4 Å². The molecule has 2 nitrogen and oxygen atoms in total. The van der Waals surface area contributed by atoms with Crippen molar-refractivity contribution in [1.82, 2.24) is 0 Å². The molecule has 1 saturated carbocycles. The zero-order chi connectivity index (χ0) is 13.0. The summed E-state index contributed by atoms with van der Waals surface area (Å²) in [5.74, 6) is 0.523. The third kappa shape index (κ3) is 3.14. The molecular weight excluding hydrogens is 244 g/mol. The summed E-state index contributed by atoms with van der Waals surface area (Å²) in [6, 6.07) is 2.08. The molecule has 0 bridgehead atoms. The minimum atomic E-state index is -0.451. The van der Waals surface area contributed by atoms with Crippen LogP contribution in [0.4, 0.5) is 0 Å². The molecule has 0 aromatic carbocycles. The van der Waals surface area contributed by atoms with E-state index >= 15 is 0 Å². The van der Waals surface area contributed by atoms with E-state index in [1.54, 1.807) is 11.3 Å². The van der Waals surface area contributed by atoms with Crippen LogP contribution in [0.2, 0.25) is 0 Å². The maximum atomic E-state index is 10.6. The van der Waals surface area contributed by atoms with Crippen LogP contribution in [0.5, 0.6) is 0 Å². The Morgan fingerprint density at radius 2 is 2.11 bits per heavy atom. The Bertz CT molecular complexity index is 355. The highest BCUT2D eigenvalue weighted by atomic mass is 32.1. The number of ether oxygens (including phenoxy) is 1. The second kappa shape index (κ2) is 6.69. The second-order valence-corrected chi connectivity index (χ2v) is 6.18. The minimum Gasteiger partial charge on any atom is -0.385 e. The fourth-order valence-electron chi connectivity index (χ4n) is 2.98. The van der Waals surface area contributed by atoms with Gasteiger partial charge < -0.3 is 9.84 Å². The van der Waals surface area contributed by atoms with Crippen LogP contribution in [0.15, 0.2) is 11.4 Å². The van der Waals surface area contributed by atoms with Gasteiger partial charge in [0.1, 0.15) is 6.10 Å². The molecule has 2 atom stereocenters.